The smallest absolute Gasteiger partial charge is 0.266 e. The van der Waals surface area contributed by atoms with Gasteiger partial charge in [-0.1, -0.05) is 60.7 Å². The Balaban J connectivity index is 1.38. The molecule has 0 N–H and O–H groups in total. The number of nitrogens with zero attached hydrogens (tertiary/aromatic N) is 3. The monoisotopic (exact) mass is 467 g/mol. The predicted octanol–water partition coefficient (Wildman–Crippen LogP) is 3.42. The number of rotatable bonds is 4. The van der Waals surface area contributed by atoms with Gasteiger partial charge in [-0.2, -0.15) is 0 Å². The van der Waals surface area contributed by atoms with E-state index in [0.29, 0.717) is 37.5 Å². The summed E-state index contributed by atoms with van der Waals surface area (Å²) in [6.45, 7) is 2.61. The van der Waals surface area contributed by atoms with Crippen LogP contribution in [0.15, 0.2) is 60.7 Å². The molecule has 0 bridgehead atoms. The Morgan fingerprint density at radius 3 is 2.12 bits per heavy atom. The first-order valence-electron chi connectivity index (χ1n) is 10.9. The summed E-state index contributed by atoms with van der Waals surface area (Å²) in [6, 6.07) is 19.9. The summed E-state index contributed by atoms with van der Waals surface area (Å²) in [4.78, 5) is 23.2. The Morgan fingerprint density at radius 1 is 0.906 bits per heavy atom. The lowest BCUT2D eigenvalue weighted by Gasteiger charge is -2.37. The van der Waals surface area contributed by atoms with Gasteiger partial charge >= 0.3 is 0 Å². The van der Waals surface area contributed by atoms with Crippen LogP contribution >= 0.6 is 11.3 Å². The number of carbonyl (C=O) groups excluding carboxylic acids is 1. The molecule has 0 aliphatic carbocycles. The Kier molecular flexibility index (Phi) is 5.84. The first kappa shape index (κ1) is 21.3. The summed E-state index contributed by atoms with van der Waals surface area (Å²) in [5.74, 6) is 0.525. The highest BCUT2D eigenvalue weighted by Gasteiger charge is 2.35. The molecule has 3 aromatic rings. The minimum absolute atomic E-state index is 0.00206. The van der Waals surface area contributed by atoms with Crippen LogP contribution in [0, 0.1) is 0 Å². The van der Waals surface area contributed by atoms with Crippen molar-refractivity contribution in [3.63, 3.8) is 0 Å². The van der Waals surface area contributed by atoms with E-state index in [0.717, 1.165) is 21.8 Å². The van der Waals surface area contributed by atoms with Crippen molar-refractivity contribution in [2.75, 3.05) is 37.7 Å². The number of hydrogen-bond acceptors (Lipinski definition) is 6. The molecule has 8 heteroatoms. The standard InChI is InChI=1S/C24H25N3O3S2/c28-24(27-14-12-26(13-15-27)20-11-16-32(29,30)17-20)22-21(18-7-3-1-4-8-18)25-23(31-22)19-9-5-2-6-10-19/h1-10,20H,11-17H2/t20-/m1/s1. The Bertz CT molecular complexity index is 1200. The molecule has 1 atom stereocenters. The van der Waals surface area contributed by atoms with E-state index in [4.69, 9.17) is 4.98 Å². The Morgan fingerprint density at radius 2 is 1.53 bits per heavy atom. The molecule has 5 rings (SSSR count). The third kappa shape index (κ3) is 4.35. The molecule has 0 radical (unpaired) electrons. The lowest BCUT2D eigenvalue weighted by molar-refractivity contribution is 0.0593. The molecule has 2 aliphatic rings. The van der Waals surface area contributed by atoms with Gasteiger partial charge in [0.05, 0.1) is 17.2 Å². The molecular formula is C24H25N3O3S2. The largest absolute Gasteiger partial charge is 0.335 e. The van der Waals surface area contributed by atoms with Gasteiger partial charge in [0.25, 0.3) is 5.91 Å². The Labute approximate surface area is 192 Å². The van der Waals surface area contributed by atoms with E-state index in [1.54, 1.807) is 0 Å². The average Bonchev–Trinajstić information content (AvgIpc) is 3.43. The molecule has 2 fully saturated rings. The number of benzene rings is 2. The third-order valence-corrected chi connectivity index (χ3v) is 9.06. The van der Waals surface area contributed by atoms with Gasteiger partial charge in [-0.05, 0) is 6.42 Å². The van der Waals surface area contributed by atoms with Crippen molar-refractivity contribution in [2.45, 2.75) is 12.5 Å². The number of carbonyl (C=O) groups is 1. The van der Waals surface area contributed by atoms with E-state index in [9.17, 15) is 13.2 Å². The number of piperazine rings is 1. The second kappa shape index (κ2) is 8.77. The number of thiazole rings is 1. The van der Waals surface area contributed by atoms with Gasteiger partial charge in [0.15, 0.2) is 9.84 Å². The number of aromatic nitrogens is 1. The van der Waals surface area contributed by atoms with Gasteiger partial charge in [0, 0.05) is 43.3 Å². The predicted molar refractivity (Wildman–Crippen MR) is 128 cm³/mol. The van der Waals surface area contributed by atoms with Crippen LogP contribution in [0.3, 0.4) is 0 Å². The van der Waals surface area contributed by atoms with Crippen LogP contribution in [0.2, 0.25) is 0 Å². The second-order valence-corrected chi connectivity index (χ2v) is 11.5. The lowest BCUT2D eigenvalue weighted by atomic mass is 10.1. The summed E-state index contributed by atoms with van der Waals surface area (Å²) in [6.07, 6.45) is 0.698. The minimum Gasteiger partial charge on any atom is -0.335 e. The normalized spacial score (nSPS) is 21.0. The maximum atomic E-state index is 13.6. The minimum atomic E-state index is -2.91. The highest BCUT2D eigenvalue weighted by molar-refractivity contribution is 7.91. The molecule has 2 aliphatic heterocycles. The van der Waals surface area contributed by atoms with E-state index in [-0.39, 0.29) is 23.5 Å². The molecular weight excluding hydrogens is 442 g/mol. The summed E-state index contributed by atoms with van der Waals surface area (Å²) < 4.78 is 23.7. The topological polar surface area (TPSA) is 70.6 Å². The van der Waals surface area contributed by atoms with Crippen molar-refractivity contribution in [3.8, 4) is 21.8 Å². The van der Waals surface area contributed by atoms with Gasteiger partial charge in [-0.15, -0.1) is 11.3 Å². The van der Waals surface area contributed by atoms with Crippen molar-refractivity contribution in [1.29, 1.82) is 0 Å². The van der Waals surface area contributed by atoms with Gasteiger partial charge < -0.3 is 4.90 Å². The molecule has 32 heavy (non-hydrogen) atoms. The first-order valence-corrected chi connectivity index (χ1v) is 13.5. The number of hydrogen-bond donors (Lipinski definition) is 0. The van der Waals surface area contributed by atoms with Crippen molar-refractivity contribution in [2.24, 2.45) is 0 Å². The second-order valence-electron chi connectivity index (χ2n) is 8.31. The molecule has 3 heterocycles. The Hall–Kier alpha value is -2.55. The summed E-state index contributed by atoms with van der Waals surface area (Å²) >= 11 is 1.44. The van der Waals surface area contributed by atoms with Gasteiger partial charge in [0.1, 0.15) is 9.88 Å². The van der Waals surface area contributed by atoms with E-state index in [1.165, 1.54) is 11.3 Å². The van der Waals surface area contributed by atoms with E-state index in [1.807, 2.05) is 65.6 Å². The molecule has 2 aromatic carbocycles. The molecule has 1 amide bonds. The van der Waals surface area contributed by atoms with Crippen LogP contribution in [0.25, 0.3) is 21.8 Å². The highest BCUT2D eigenvalue weighted by atomic mass is 32.2. The lowest BCUT2D eigenvalue weighted by Crippen LogP contribution is -2.52. The molecule has 1 aromatic heterocycles. The zero-order valence-corrected chi connectivity index (χ0v) is 19.3. The van der Waals surface area contributed by atoms with Crippen LogP contribution in [0.4, 0.5) is 0 Å². The molecule has 166 valence electrons. The fourth-order valence-electron chi connectivity index (χ4n) is 4.46. The zero-order chi connectivity index (χ0) is 22.1. The first-order chi connectivity index (χ1) is 15.5. The van der Waals surface area contributed by atoms with Gasteiger partial charge in [-0.3, -0.25) is 9.69 Å². The highest BCUT2D eigenvalue weighted by Crippen LogP contribution is 2.35. The van der Waals surface area contributed by atoms with Crippen LogP contribution < -0.4 is 0 Å². The van der Waals surface area contributed by atoms with Crippen LogP contribution in [0.5, 0.6) is 0 Å². The van der Waals surface area contributed by atoms with Crippen molar-refractivity contribution in [3.05, 3.63) is 65.5 Å². The zero-order valence-electron chi connectivity index (χ0n) is 17.7. The molecule has 0 unspecified atom stereocenters. The number of amides is 1. The van der Waals surface area contributed by atoms with Gasteiger partial charge in [-0.25, -0.2) is 13.4 Å². The summed E-state index contributed by atoms with van der Waals surface area (Å²) in [7, 11) is -2.91. The fraction of sp³-hybridized carbons (Fsp3) is 0.333. The third-order valence-electron chi connectivity index (χ3n) is 6.22. The van der Waals surface area contributed by atoms with Crippen molar-refractivity contribution < 1.29 is 13.2 Å². The molecule has 2 saturated heterocycles. The molecule has 6 nitrogen and oxygen atoms in total. The average molecular weight is 468 g/mol. The summed E-state index contributed by atoms with van der Waals surface area (Å²) in [5.41, 5.74) is 2.66. The van der Waals surface area contributed by atoms with Crippen LogP contribution in [-0.4, -0.2) is 72.8 Å². The molecule has 0 spiro atoms. The number of sulfone groups is 1. The van der Waals surface area contributed by atoms with Gasteiger partial charge in [0.2, 0.25) is 0 Å². The van der Waals surface area contributed by atoms with Crippen molar-refractivity contribution in [1.82, 2.24) is 14.8 Å². The maximum Gasteiger partial charge on any atom is 0.266 e. The van der Waals surface area contributed by atoms with E-state index in [2.05, 4.69) is 4.90 Å². The summed E-state index contributed by atoms with van der Waals surface area (Å²) in [5, 5.41) is 0.836. The quantitative estimate of drug-likeness (QED) is 0.588. The van der Waals surface area contributed by atoms with E-state index < -0.39 is 9.84 Å². The maximum absolute atomic E-state index is 13.6. The van der Waals surface area contributed by atoms with E-state index >= 15 is 0 Å². The molecule has 0 saturated carbocycles. The van der Waals surface area contributed by atoms with Crippen molar-refractivity contribution >= 4 is 27.1 Å². The van der Waals surface area contributed by atoms with Crippen LogP contribution in [0.1, 0.15) is 16.1 Å². The fourth-order valence-corrected chi connectivity index (χ4v) is 7.28. The van der Waals surface area contributed by atoms with Crippen LogP contribution in [-0.2, 0) is 9.84 Å². The SMILES string of the molecule is O=C(c1sc(-c2ccccc2)nc1-c1ccccc1)N1CCN([C@@H]2CCS(=O)(=O)C2)CC1.